The molecule has 0 bridgehead atoms. The highest BCUT2D eigenvalue weighted by molar-refractivity contribution is 9.10. The van der Waals surface area contributed by atoms with Crippen LogP contribution in [0.25, 0.3) is 0 Å². The van der Waals surface area contributed by atoms with Crippen LogP contribution in [0.4, 0.5) is 0 Å². The average Bonchev–Trinajstić information content (AvgIpc) is 2.65. The third-order valence-electron chi connectivity index (χ3n) is 3.67. The van der Waals surface area contributed by atoms with Gasteiger partial charge in [0.2, 0.25) is 0 Å². The Bertz CT molecular complexity index is 397. The van der Waals surface area contributed by atoms with Crippen LogP contribution in [0.15, 0.2) is 4.47 Å². The zero-order valence-corrected chi connectivity index (χ0v) is 13.4. The minimum absolute atomic E-state index is 0.387. The van der Waals surface area contributed by atoms with E-state index in [1.54, 1.807) is 0 Å². The fourth-order valence-electron chi connectivity index (χ4n) is 2.54. The Labute approximate surface area is 122 Å². The van der Waals surface area contributed by atoms with E-state index in [9.17, 15) is 0 Å². The number of aryl methyl sites for hydroxylation is 2. The SMILES string of the molecule is CCn1nc(C)c(Br)c1CNC1CCC(Cl)CC1. The van der Waals surface area contributed by atoms with E-state index in [-0.39, 0.29) is 0 Å². The van der Waals surface area contributed by atoms with Crippen molar-refractivity contribution in [2.75, 3.05) is 0 Å². The van der Waals surface area contributed by atoms with Crippen LogP contribution in [0.3, 0.4) is 0 Å². The minimum Gasteiger partial charge on any atom is -0.308 e. The second-order valence-electron chi connectivity index (χ2n) is 4.99. The third-order valence-corrected chi connectivity index (χ3v) is 5.14. The maximum atomic E-state index is 6.13. The van der Waals surface area contributed by atoms with E-state index in [2.05, 4.69) is 38.0 Å². The van der Waals surface area contributed by atoms with Gasteiger partial charge in [-0.25, -0.2) is 0 Å². The van der Waals surface area contributed by atoms with Gasteiger partial charge >= 0.3 is 0 Å². The first-order chi connectivity index (χ1) is 8.61. The van der Waals surface area contributed by atoms with Gasteiger partial charge in [-0.05, 0) is 55.5 Å². The quantitative estimate of drug-likeness (QED) is 0.852. The Kier molecular flexibility index (Phi) is 5.10. The molecule has 0 atom stereocenters. The van der Waals surface area contributed by atoms with E-state index >= 15 is 0 Å². The lowest BCUT2D eigenvalue weighted by Gasteiger charge is -2.26. The van der Waals surface area contributed by atoms with E-state index in [1.165, 1.54) is 18.5 Å². The van der Waals surface area contributed by atoms with Gasteiger partial charge in [0.15, 0.2) is 0 Å². The lowest BCUT2D eigenvalue weighted by atomic mass is 9.95. The van der Waals surface area contributed by atoms with Crippen LogP contribution in [0.1, 0.15) is 44.0 Å². The van der Waals surface area contributed by atoms with Gasteiger partial charge < -0.3 is 5.32 Å². The number of alkyl halides is 1. The number of nitrogens with one attached hydrogen (secondary N) is 1. The highest BCUT2D eigenvalue weighted by Gasteiger charge is 2.20. The molecule has 1 N–H and O–H groups in total. The number of hydrogen-bond donors (Lipinski definition) is 1. The maximum Gasteiger partial charge on any atom is 0.0739 e. The summed E-state index contributed by atoms with van der Waals surface area (Å²) in [5.74, 6) is 0. The number of nitrogens with zero attached hydrogens (tertiary/aromatic N) is 2. The summed E-state index contributed by atoms with van der Waals surface area (Å²) in [5.41, 5.74) is 2.32. The summed E-state index contributed by atoms with van der Waals surface area (Å²) in [4.78, 5) is 0. The van der Waals surface area contributed by atoms with Crippen molar-refractivity contribution in [1.82, 2.24) is 15.1 Å². The van der Waals surface area contributed by atoms with Crippen molar-refractivity contribution < 1.29 is 0 Å². The molecule has 1 aliphatic rings. The Morgan fingerprint density at radius 2 is 2.06 bits per heavy atom. The van der Waals surface area contributed by atoms with E-state index in [0.29, 0.717) is 11.4 Å². The molecule has 5 heteroatoms. The first-order valence-electron chi connectivity index (χ1n) is 6.71. The fourth-order valence-corrected chi connectivity index (χ4v) is 3.21. The van der Waals surface area contributed by atoms with Crippen molar-refractivity contribution in [3.05, 3.63) is 15.9 Å². The normalized spacial score (nSPS) is 24.4. The van der Waals surface area contributed by atoms with Crippen LogP contribution >= 0.6 is 27.5 Å². The van der Waals surface area contributed by atoms with Gasteiger partial charge in [-0.2, -0.15) is 5.10 Å². The molecule has 18 heavy (non-hydrogen) atoms. The highest BCUT2D eigenvalue weighted by Crippen LogP contribution is 2.24. The first kappa shape index (κ1) is 14.4. The molecule has 0 unspecified atom stereocenters. The molecule has 0 spiro atoms. The van der Waals surface area contributed by atoms with E-state index in [4.69, 9.17) is 11.6 Å². The molecule has 1 fully saturated rings. The summed E-state index contributed by atoms with van der Waals surface area (Å²) in [5, 5.41) is 8.54. The van der Waals surface area contributed by atoms with Crippen LogP contribution < -0.4 is 5.32 Å². The molecule has 0 aromatic carbocycles. The van der Waals surface area contributed by atoms with Gasteiger partial charge in [0.1, 0.15) is 0 Å². The van der Waals surface area contributed by atoms with Gasteiger partial charge in [0, 0.05) is 24.5 Å². The standard InChI is InChI=1S/C13H21BrClN3/c1-3-18-12(13(14)9(2)17-18)8-16-11-6-4-10(15)5-7-11/h10-11,16H,3-8H2,1-2H3. The van der Waals surface area contributed by atoms with E-state index in [0.717, 1.165) is 36.1 Å². The average molecular weight is 335 g/mol. The van der Waals surface area contributed by atoms with Crippen molar-refractivity contribution >= 4 is 27.5 Å². The first-order valence-corrected chi connectivity index (χ1v) is 7.94. The zero-order valence-electron chi connectivity index (χ0n) is 11.0. The van der Waals surface area contributed by atoms with Crippen molar-refractivity contribution in [3.8, 4) is 0 Å². The Morgan fingerprint density at radius 3 is 2.67 bits per heavy atom. The summed E-state index contributed by atoms with van der Waals surface area (Å²) >= 11 is 9.76. The van der Waals surface area contributed by atoms with E-state index in [1.807, 2.05) is 6.92 Å². The van der Waals surface area contributed by atoms with Crippen molar-refractivity contribution in [2.45, 2.75) is 64.0 Å². The lowest BCUT2D eigenvalue weighted by Crippen LogP contribution is -2.33. The Balaban J connectivity index is 1.93. The zero-order chi connectivity index (χ0) is 13.1. The van der Waals surface area contributed by atoms with Crippen LogP contribution in [0.2, 0.25) is 0 Å². The summed E-state index contributed by atoms with van der Waals surface area (Å²) in [7, 11) is 0. The van der Waals surface area contributed by atoms with Crippen molar-refractivity contribution in [3.63, 3.8) is 0 Å². The largest absolute Gasteiger partial charge is 0.308 e. The van der Waals surface area contributed by atoms with Gasteiger partial charge in [-0.15, -0.1) is 11.6 Å². The number of halogens is 2. The molecular formula is C13H21BrClN3. The van der Waals surface area contributed by atoms with Crippen LogP contribution in [-0.4, -0.2) is 21.2 Å². The number of aromatic nitrogens is 2. The fraction of sp³-hybridized carbons (Fsp3) is 0.769. The second kappa shape index (κ2) is 6.40. The molecule has 2 rings (SSSR count). The summed E-state index contributed by atoms with van der Waals surface area (Å²) < 4.78 is 3.21. The molecule has 1 aromatic heterocycles. The third kappa shape index (κ3) is 3.28. The summed E-state index contributed by atoms with van der Waals surface area (Å²) in [6, 6.07) is 0.604. The van der Waals surface area contributed by atoms with Gasteiger partial charge in [-0.3, -0.25) is 4.68 Å². The molecule has 1 aromatic rings. The summed E-state index contributed by atoms with van der Waals surface area (Å²) in [6.07, 6.45) is 4.63. The predicted octanol–water partition coefficient (Wildman–Crippen LogP) is 3.61. The summed E-state index contributed by atoms with van der Waals surface area (Å²) in [6.45, 7) is 5.96. The van der Waals surface area contributed by atoms with Crippen LogP contribution in [0.5, 0.6) is 0 Å². The van der Waals surface area contributed by atoms with E-state index < -0.39 is 0 Å². The molecule has 0 aliphatic heterocycles. The molecule has 1 saturated carbocycles. The molecule has 0 radical (unpaired) electrons. The minimum atomic E-state index is 0.387. The molecule has 102 valence electrons. The molecule has 0 saturated heterocycles. The smallest absolute Gasteiger partial charge is 0.0739 e. The highest BCUT2D eigenvalue weighted by atomic mass is 79.9. The van der Waals surface area contributed by atoms with Gasteiger partial charge in [0.05, 0.1) is 15.9 Å². The maximum absolute atomic E-state index is 6.13. The number of rotatable bonds is 4. The van der Waals surface area contributed by atoms with Crippen molar-refractivity contribution in [1.29, 1.82) is 0 Å². The Hall–Kier alpha value is -0.0600. The van der Waals surface area contributed by atoms with Gasteiger partial charge in [-0.1, -0.05) is 0 Å². The molecule has 0 amide bonds. The number of hydrogen-bond acceptors (Lipinski definition) is 2. The predicted molar refractivity (Wildman–Crippen MR) is 79.1 cm³/mol. The molecule has 3 nitrogen and oxygen atoms in total. The van der Waals surface area contributed by atoms with Crippen LogP contribution in [0, 0.1) is 6.92 Å². The molecule has 1 heterocycles. The Morgan fingerprint density at radius 1 is 1.39 bits per heavy atom. The monoisotopic (exact) mass is 333 g/mol. The molecular weight excluding hydrogens is 314 g/mol. The van der Waals surface area contributed by atoms with Crippen LogP contribution in [-0.2, 0) is 13.1 Å². The van der Waals surface area contributed by atoms with Crippen molar-refractivity contribution in [2.24, 2.45) is 0 Å². The second-order valence-corrected chi connectivity index (χ2v) is 6.40. The molecule has 1 aliphatic carbocycles. The lowest BCUT2D eigenvalue weighted by molar-refractivity contribution is 0.371. The topological polar surface area (TPSA) is 29.9 Å². The van der Waals surface area contributed by atoms with Gasteiger partial charge in [0.25, 0.3) is 0 Å².